The summed E-state index contributed by atoms with van der Waals surface area (Å²) in [5.41, 5.74) is 2.32. The first-order valence-electron chi connectivity index (χ1n) is 5.19. The monoisotopic (exact) mass is 279 g/mol. The van der Waals surface area contributed by atoms with Crippen LogP contribution in [0, 0.1) is 10.1 Å². The normalized spacial score (nSPS) is 10.7. The molecular formula is C9H9N7O4. The molecule has 2 aromatic rings. The number of aromatic nitrogens is 4. The van der Waals surface area contributed by atoms with Crippen molar-refractivity contribution < 1.29 is 14.8 Å². The number of H-pyrrole nitrogens is 1. The van der Waals surface area contributed by atoms with E-state index in [0.29, 0.717) is 5.56 Å². The zero-order valence-electron chi connectivity index (χ0n) is 10.1. The van der Waals surface area contributed by atoms with Crippen molar-refractivity contribution in [2.24, 2.45) is 5.10 Å². The highest BCUT2D eigenvalue weighted by Crippen LogP contribution is 2.36. The van der Waals surface area contributed by atoms with E-state index in [1.54, 1.807) is 0 Å². The van der Waals surface area contributed by atoms with Crippen LogP contribution < -0.4 is 10.2 Å². The molecule has 1 aromatic carbocycles. The third-order valence-electron chi connectivity index (χ3n) is 2.22. The van der Waals surface area contributed by atoms with Gasteiger partial charge in [0.05, 0.1) is 18.2 Å². The van der Waals surface area contributed by atoms with Crippen LogP contribution in [0.5, 0.6) is 11.5 Å². The number of hydrogen-bond acceptors (Lipinski definition) is 9. The van der Waals surface area contributed by atoms with Gasteiger partial charge in [0, 0.05) is 11.6 Å². The molecule has 11 heteroatoms. The average molecular weight is 279 g/mol. The van der Waals surface area contributed by atoms with Gasteiger partial charge < -0.3 is 9.84 Å². The number of nitro benzene ring substituents is 1. The second-order valence-electron chi connectivity index (χ2n) is 3.45. The van der Waals surface area contributed by atoms with Gasteiger partial charge in [-0.05, 0) is 11.3 Å². The molecule has 0 amide bonds. The van der Waals surface area contributed by atoms with E-state index < -0.39 is 16.4 Å². The quantitative estimate of drug-likeness (QED) is 0.400. The standard InChI is InChI=1S/C9H9N7O4/c1-20-7-3-5(2-6(8(7)17)16(18)19)4-10-11-9-12-14-15-13-9/h2-4,17H,1H3,(H2,11,12,13,14,15)/b10-4-. The highest BCUT2D eigenvalue weighted by atomic mass is 16.6. The number of aromatic hydroxyl groups is 1. The summed E-state index contributed by atoms with van der Waals surface area (Å²) in [7, 11) is 1.29. The number of phenols is 1. The fourth-order valence-electron chi connectivity index (χ4n) is 1.36. The van der Waals surface area contributed by atoms with Crippen LogP contribution in [0.25, 0.3) is 0 Å². The third kappa shape index (κ3) is 2.77. The zero-order chi connectivity index (χ0) is 14.5. The predicted molar refractivity (Wildman–Crippen MR) is 66.7 cm³/mol. The van der Waals surface area contributed by atoms with Gasteiger partial charge in [-0.1, -0.05) is 5.10 Å². The molecule has 0 aliphatic rings. The number of phenolic OH excluding ortho intramolecular Hbond substituents is 1. The Labute approximate surface area is 111 Å². The van der Waals surface area contributed by atoms with Crippen molar-refractivity contribution in [3.05, 3.63) is 27.8 Å². The number of aromatic amines is 1. The lowest BCUT2D eigenvalue weighted by Gasteiger charge is -2.04. The molecule has 11 nitrogen and oxygen atoms in total. The van der Waals surface area contributed by atoms with E-state index in [9.17, 15) is 15.2 Å². The van der Waals surface area contributed by atoms with Crippen molar-refractivity contribution in [2.75, 3.05) is 12.5 Å². The molecule has 0 radical (unpaired) electrons. The number of nitrogens with one attached hydrogen (secondary N) is 2. The van der Waals surface area contributed by atoms with Crippen LogP contribution in [0.2, 0.25) is 0 Å². The van der Waals surface area contributed by atoms with Crippen LogP contribution in [0.15, 0.2) is 17.2 Å². The molecule has 0 unspecified atom stereocenters. The lowest BCUT2D eigenvalue weighted by atomic mass is 10.2. The Kier molecular flexibility index (Phi) is 3.70. The molecule has 0 bridgehead atoms. The van der Waals surface area contributed by atoms with E-state index in [2.05, 4.69) is 31.2 Å². The summed E-state index contributed by atoms with van der Waals surface area (Å²) < 4.78 is 4.85. The Balaban J connectivity index is 2.25. The smallest absolute Gasteiger partial charge is 0.315 e. The Morgan fingerprint density at radius 3 is 3.00 bits per heavy atom. The maximum Gasteiger partial charge on any atom is 0.315 e. The van der Waals surface area contributed by atoms with E-state index >= 15 is 0 Å². The van der Waals surface area contributed by atoms with Crippen molar-refractivity contribution in [3.8, 4) is 11.5 Å². The molecule has 0 aliphatic carbocycles. The fourth-order valence-corrected chi connectivity index (χ4v) is 1.36. The summed E-state index contributed by atoms with van der Waals surface area (Å²) in [5.74, 6) is -0.428. The summed E-state index contributed by atoms with van der Waals surface area (Å²) in [6, 6.07) is 2.54. The van der Waals surface area contributed by atoms with Crippen molar-refractivity contribution >= 4 is 17.9 Å². The first-order valence-corrected chi connectivity index (χ1v) is 5.19. The fraction of sp³-hybridized carbons (Fsp3) is 0.111. The number of benzene rings is 1. The summed E-state index contributed by atoms with van der Waals surface area (Å²) in [5, 5.41) is 36.9. The Morgan fingerprint density at radius 2 is 2.40 bits per heavy atom. The minimum absolute atomic E-state index is 0.0276. The van der Waals surface area contributed by atoms with Gasteiger partial charge in [-0.25, -0.2) is 5.43 Å². The zero-order valence-corrected chi connectivity index (χ0v) is 10.1. The average Bonchev–Trinajstić information content (AvgIpc) is 2.93. The van der Waals surface area contributed by atoms with Crippen LogP contribution in [-0.4, -0.2) is 44.0 Å². The van der Waals surface area contributed by atoms with E-state index in [1.165, 1.54) is 19.4 Å². The number of nitro groups is 1. The van der Waals surface area contributed by atoms with Gasteiger partial charge in [0.2, 0.25) is 5.75 Å². The first-order chi connectivity index (χ1) is 9.61. The topological polar surface area (TPSA) is 151 Å². The molecular weight excluding hydrogens is 270 g/mol. The van der Waals surface area contributed by atoms with Gasteiger partial charge in [-0.3, -0.25) is 10.1 Å². The molecule has 104 valence electrons. The lowest BCUT2D eigenvalue weighted by molar-refractivity contribution is -0.386. The van der Waals surface area contributed by atoms with Crippen LogP contribution in [0.3, 0.4) is 0 Å². The van der Waals surface area contributed by atoms with Gasteiger partial charge >= 0.3 is 5.69 Å². The van der Waals surface area contributed by atoms with Crippen molar-refractivity contribution in [1.82, 2.24) is 20.6 Å². The Morgan fingerprint density at radius 1 is 1.60 bits per heavy atom. The molecule has 1 aromatic heterocycles. The highest BCUT2D eigenvalue weighted by molar-refractivity contribution is 5.83. The maximum absolute atomic E-state index is 10.8. The van der Waals surface area contributed by atoms with Crippen molar-refractivity contribution in [2.45, 2.75) is 0 Å². The Hall–Kier alpha value is -3.24. The van der Waals surface area contributed by atoms with Crippen LogP contribution >= 0.6 is 0 Å². The Bertz CT molecular complexity index is 640. The minimum atomic E-state index is -0.720. The second kappa shape index (κ2) is 5.60. The number of rotatable bonds is 5. The van der Waals surface area contributed by atoms with E-state index in [-0.39, 0.29) is 11.7 Å². The number of hydrazone groups is 1. The number of anilines is 1. The molecule has 1 heterocycles. The predicted octanol–water partition coefficient (Wildman–Crippen LogP) is 0.268. The van der Waals surface area contributed by atoms with Gasteiger partial charge in [0.15, 0.2) is 5.75 Å². The molecule has 2 rings (SSSR count). The largest absolute Gasteiger partial charge is 0.500 e. The van der Waals surface area contributed by atoms with Crippen LogP contribution in [0.4, 0.5) is 11.6 Å². The second-order valence-corrected chi connectivity index (χ2v) is 3.45. The molecule has 0 fully saturated rings. The van der Waals surface area contributed by atoms with Crippen molar-refractivity contribution in [3.63, 3.8) is 0 Å². The summed E-state index contributed by atoms with van der Waals surface area (Å²) in [4.78, 5) is 10.1. The molecule has 0 saturated heterocycles. The summed E-state index contributed by atoms with van der Waals surface area (Å²) >= 11 is 0. The molecule has 0 saturated carbocycles. The highest BCUT2D eigenvalue weighted by Gasteiger charge is 2.19. The number of hydrogen-bond donors (Lipinski definition) is 3. The van der Waals surface area contributed by atoms with Crippen molar-refractivity contribution in [1.29, 1.82) is 0 Å². The molecule has 0 atom stereocenters. The van der Waals surface area contributed by atoms with Gasteiger partial charge in [0.1, 0.15) is 0 Å². The summed E-state index contributed by atoms with van der Waals surface area (Å²) in [6.45, 7) is 0. The number of ether oxygens (including phenoxy) is 1. The molecule has 0 aliphatic heterocycles. The molecule has 3 N–H and O–H groups in total. The third-order valence-corrected chi connectivity index (χ3v) is 2.22. The van der Waals surface area contributed by atoms with Crippen LogP contribution in [-0.2, 0) is 0 Å². The molecule has 20 heavy (non-hydrogen) atoms. The molecule has 0 spiro atoms. The number of tetrazole rings is 1. The maximum atomic E-state index is 10.8. The van der Waals surface area contributed by atoms with Gasteiger partial charge in [-0.2, -0.15) is 10.3 Å². The van der Waals surface area contributed by atoms with E-state index in [1.807, 2.05) is 0 Å². The van der Waals surface area contributed by atoms with E-state index in [4.69, 9.17) is 4.74 Å². The lowest BCUT2D eigenvalue weighted by Crippen LogP contribution is -1.96. The SMILES string of the molecule is COc1cc(/C=N\Nc2nn[nH]n2)cc([N+](=O)[O-])c1O. The van der Waals surface area contributed by atoms with Gasteiger partial charge in [-0.15, -0.1) is 5.10 Å². The van der Waals surface area contributed by atoms with Gasteiger partial charge in [0.25, 0.3) is 5.95 Å². The van der Waals surface area contributed by atoms with E-state index in [0.717, 1.165) is 6.07 Å². The number of methoxy groups -OCH3 is 1. The summed E-state index contributed by atoms with van der Waals surface area (Å²) in [6.07, 6.45) is 1.28. The minimum Gasteiger partial charge on any atom is -0.500 e. The van der Waals surface area contributed by atoms with Crippen LogP contribution in [0.1, 0.15) is 5.56 Å². The number of nitrogens with zero attached hydrogens (tertiary/aromatic N) is 5. The first kappa shape index (κ1) is 13.2.